The molecule has 0 N–H and O–H groups in total. The minimum atomic E-state index is -0.891. The molecule has 1 aromatic carbocycles. The topological polar surface area (TPSA) is 68.5 Å². The van der Waals surface area contributed by atoms with Crippen LogP contribution in [0.25, 0.3) is 16.7 Å². The molecule has 0 saturated carbocycles. The average Bonchev–Trinajstić information content (AvgIpc) is 3.53. The molecule has 4 fully saturated rings. The molecule has 2 aromatic heterocycles. The molecule has 35 heavy (non-hydrogen) atoms. The summed E-state index contributed by atoms with van der Waals surface area (Å²) < 4.78 is 28.4. The summed E-state index contributed by atoms with van der Waals surface area (Å²) in [6.45, 7) is 8.48. The number of ether oxygens (including phenoxy) is 2. The lowest BCUT2D eigenvalue weighted by Crippen LogP contribution is -2.54. The lowest BCUT2D eigenvalue weighted by atomic mass is 9.84. The molecule has 0 unspecified atom stereocenters. The molecule has 4 aliphatic rings. The fourth-order valence-electron chi connectivity index (χ4n) is 6.30. The van der Waals surface area contributed by atoms with E-state index in [1.54, 1.807) is 0 Å². The Morgan fingerprint density at radius 2 is 1.86 bits per heavy atom. The van der Waals surface area contributed by atoms with Crippen LogP contribution in [0, 0.1) is 13.8 Å². The Morgan fingerprint density at radius 3 is 2.57 bits per heavy atom. The molecular formula is C26H31FN6O2. The summed E-state index contributed by atoms with van der Waals surface area (Å²) in [4.78, 5) is 14.0. The van der Waals surface area contributed by atoms with Crippen molar-refractivity contribution >= 4 is 16.7 Å². The van der Waals surface area contributed by atoms with Crippen molar-refractivity contribution < 1.29 is 13.9 Å². The summed E-state index contributed by atoms with van der Waals surface area (Å²) in [6.07, 6.45) is 3.15. The number of fused-ring (bicyclic) bond motifs is 3. The zero-order chi connectivity index (χ0) is 23.7. The van der Waals surface area contributed by atoms with Gasteiger partial charge in [-0.3, -0.25) is 4.90 Å². The summed E-state index contributed by atoms with van der Waals surface area (Å²) >= 11 is 0. The Balaban J connectivity index is 1.22. The van der Waals surface area contributed by atoms with E-state index in [2.05, 4.69) is 34.0 Å². The van der Waals surface area contributed by atoms with Gasteiger partial charge in [0.15, 0.2) is 5.82 Å². The third-order valence-corrected chi connectivity index (χ3v) is 8.29. The van der Waals surface area contributed by atoms with E-state index in [0.29, 0.717) is 30.6 Å². The van der Waals surface area contributed by atoms with Crippen molar-refractivity contribution in [2.45, 2.75) is 57.0 Å². The third-order valence-electron chi connectivity index (χ3n) is 8.29. The predicted molar refractivity (Wildman–Crippen MR) is 130 cm³/mol. The molecule has 9 heteroatoms. The van der Waals surface area contributed by atoms with Gasteiger partial charge in [0.1, 0.15) is 17.8 Å². The molecule has 0 spiro atoms. The number of aryl methyl sites for hydroxylation is 2. The van der Waals surface area contributed by atoms with E-state index in [-0.39, 0.29) is 5.92 Å². The monoisotopic (exact) mass is 478 g/mol. The molecular weight excluding hydrogens is 447 g/mol. The summed E-state index contributed by atoms with van der Waals surface area (Å²) in [6, 6.07) is 7.06. The van der Waals surface area contributed by atoms with Gasteiger partial charge in [-0.2, -0.15) is 5.10 Å². The molecule has 0 aliphatic carbocycles. The largest absolute Gasteiger partial charge is 0.378 e. The van der Waals surface area contributed by atoms with Crippen LogP contribution in [0.2, 0.25) is 0 Å². The van der Waals surface area contributed by atoms with Crippen LogP contribution < -0.4 is 4.90 Å². The highest BCUT2D eigenvalue weighted by molar-refractivity contribution is 5.82. The predicted octanol–water partition coefficient (Wildman–Crippen LogP) is 2.94. The standard InChI is InChI=1S/C26H31FN6O2/c1-15-5-17-9-28-33(26-8-25(29-16(2)30-26)32-10-20-6-18(32)14-35-20)24(17)7-22(15)21-3-4-31(11-23(21)27)19-12-34-13-19/h5,7-9,18-21,23H,3-4,6,10-14H2,1-2H3/t18-,20-,21-,23-/m1/s1. The molecule has 7 rings (SSSR count). The SMILES string of the molecule is Cc1nc(N2C[C@H]3C[C@@H]2CO3)cc(-n2ncc3cc(C)c([C@H]4CCN(C5COC5)C[C@H]4F)cc32)n1. The maximum atomic E-state index is 15.4. The van der Waals surface area contributed by atoms with Crippen LogP contribution >= 0.6 is 0 Å². The quantitative estimate of drug-likeness (QED) is 0.571. The Bertz CT molecular complexity index is 1280. The number of benzene rings is 1. The van der Waals surface area contributed by atoms with E-state index in [0.717, 1.165) is 79.4 Å². The van der Waals surface area contributed by atoms with Crippen LogP contribution in [0.1, 0.15) is 35.7 Å². The molecule has 4 aliphatic heterocycles. The first-order valence-electron chi connectivity index (χ1n) is 12.7. The molecule has 6 heterocycles. The second-order valence-electron chi connectivity index (χ2n) is 10.6. The smallest absolute Gasteiger partial charge is 0.159 e. The maximum Gasteiger partial charge on any atom is 0.159 e. The number of hydrogen-bond acceptors (Lipinski definition) is 7. The molecule has 2 bridgehead atoms. The van der Waals surface area contributed by atoms with Gasteiger partial charge < -0.3 is 14.4 Å². The van der Waals surface area contributed by atoms with Gasteiger partial charge in [-0.05, 0) is 56.5 Å². The summed E-state index contributed by atoms with van der Waals surface area (Å²) in [5.41, 5.74) is 3.16. The van der Waals surface area contributed by atoms with Gasteiger partial charge in [-0.15, -0.1) is 0 Å². The van der Waals surface area contributed by atoms with Crippen molar-refractivity contribution in [2.24, 2.45) is 0 Å². The van der Waals surface area contributed by atoms with Gasteiger partial charge in [-0.1, -0.05) is 0 Å². The lowest BCUT2D eigenvalue weighted by Gasteiger charge is -2.43. The molecule has 4 saturated heterocycles. The molecule has 3 aromatic rings. The number of alkyl halides is 1. The van der Waals surface area contributed by atoms with Gasteiger partial charge >= 0.3 is 0 Å². The number of rotatable bonds is 4. The number of nitrogens with zero attached hydrogens (tertiary/aromatic N) is 6. The van der Waals surface area contributed by atoms with Crippen molar-refractivity contribution in [1.82, 2.24) is 24.6 Å². The number of likely N-dealkylation sites (tertiary alicyclic amines) is 1. The first kappa shape index (κ1) is 21.6. The third kappa shape index (κ3) is 3.63. The molecule has 0 amide bonds. The highest BCUT2D eigenvalue weighted by Gasteiger charge is 2.40. The summed E-state index contributed by atoms with van der Waals surface area (Å²) in [5.74, 6) is 2.28. The second-order valence-corrected chi connectivity index (χ2v) is 10.6. The zero-order valence-corrected chi connectivity index (χ0v) is 20.2. The fourth-order valence-corrected chi connectivity index (χ4v) is 6.30. The van der Waals surface area contributed by atoms with E-state index < -0.39 is 6.17 Å². The number of halogens is 1. The number of piperidine rings is 1. The van der Waals surface area contributed by atoms with Gasteiger partial charge in [0.25, 0.3) is 0 Å². The van der Waals surface area contributed by atoms with Crippen LogP contribution in [0.5, 0.6) is 0 Å². The Morgan fingerprint density at radius 1 is 1.00 bits per heavy atom. The molecule has 0 radical (unpaired) electrons. The van der Waals surface area contributed by atoms with E-state index in [1.807, 2.05) is 23.9 Å². The van der Waals surface area contributed by atoms with Crippen molar-refractivity contribution in [3.63, 3.8) is 0 Å². The van der Waals surface area contributed by atoms with Crippen molar-refractivity contribution in [1.29, 1.82) is 0 Å². The highest BCUT2D eigenvalue weighted by Crippen LogP contribution is 2.37. The minimum absolute atomic E-state index is 0.108. The van der Waals surface area contributed by atoms with Crippen LogP contribution in [0.4, 0.5) is 10.2 Å². The maximum absolute atomic E-state index is 15.4. The van der Waals surface area contributed by atoms with Gasteiger partial charge in [0, 0.05) is 30.5 Å². The van der Waals surface area contributed by atoms with Crippen molar-refractivity contribution in [3.8, 4) is 5.82 Å². The molecule has 184 valence electrons. The van der Waals surface area contributed by atoms with Gasteiger partial charge in [-0.25, -0.2) is 19.0 Å². The number of anilines is 1. The lowest BCUT2D eigenvalue weighted by molar-refractivity contribution is -0.0807. The average molecular weight is 479 g/mol. The number of aromatic nitrogens is 4. The first-order valence-corrected chi connectivity index (χ1v) is 12.7. The van der Waals surface area contributed by atoms with Crippen LogP contribution in [0.3, 0.4) is 0 Å². The van der Waals surface area contributed by atoms with Gasteiger partial charge in [0.05, 0.1) is 49.7 Å². The van der Waals surface area contributed by atoms with E-state index in [4.69, 9.17) is 19.4 Å². The van der Waals surface area contributed by atoms with E-state index in [1.165, 1.54) is 0 Å². The van der Waals surface area contributed by atoms with Crippen LogP contribution in [0.15, 0.2) is 24.4 Å². The Hall–Kier alpha value is -2.62. The Labute approximate surface area is 204 Å². The Kier molecular flexibility index (Phi) is 5.08. The van der Waals surface area contributed by atoms with E-state index >= 15 is 4.39 Å². The minimum Gasteiger partial charge on any atom is -0.378 e. The summed E-state index contributed by atoms with van der Waals surface area (Å²) in [7, 11) is 0. The highest BCUT2D eigenvalue weighted by atomic mass is 19.1. The first-order chi connectivity index (χ1) is 17.0. The molecule has 4 atom stereocenters. The van der Waals surface area contributed by atoms with Crippen molar-refractivity contribution in [3.05, 3.63) is 41.3 Å². The molecule has 8 nitrogen and oxygen atoms in total. The van der Waals surface area contributed by atoms with Crippen LogP contribution in [-0.4, -0.2) is 88.5 Å². The van der Waals surface area contributed by atoms with E-state index in [9.17, 15) is 0 Å². The normalized spacial score (nSPS) is 29.3. The van der Waals surface area contributed by atoms with Crippen LogP contribution in [-0.2, 0) is 9.47 Å². The van der Waals surface area contributed by atoms with Gasteiger partial charge in [0.2, 0.25) is 0 Å². The number of hydrogen-bond donors (Lipinski definition) is 0. The summed E-state index contributed by atoms with van der Waals surface area (Å²) in [5, 5.41) is 5.73. The fraction of sp³-hybridized carbons (Fsp3) is 0.577. The number of morpholine rings is 1. The van der Waals surface area contributed by atoms with Crippen molar-refractivity contribution in [2.75, 3.05) is 44.4 Å². The second kappa shape index (κ2) is 8.21. The zero-order valence-electron chi connectivity index (χ0n) is 20.2.